The Bertz CT molecular complexity index is 339. The van der Waals surface area contributed by atoms with Gasteiger partial charge in [0, 0.05) is 12.6 Å². The first-order valence-corrected chi connectivity index (χ1v) is 5.88. The number of hydrogen-bond donors (Lipinski definition) is 1. The van der Waals surface area contributed by atoms with Crippen molar-refractivity contribution in [3.63, 3.8) is 0 Å². The minimum atomic E-state index is 0.480. The van der Waals surface area contributed by atoms with E-state index in [2.05, 4.69) is 42.6 Å². The molecule has 0 aromatic heterocycles. The second-order valence-corrected chi connectivity index (χ2v) is 4.33. The Kier molecular flexibility index (Phi) is 4.14. The first-order valence-electron chi connectivity index (χ1n) is 5.88. The molecule has 1 aromatic carbocycles. The van der Waals surface area contributed by atoms with Gasteiger partial charge in [0.05, 0.1) is 13.2 Å². The number of ether oxygens (including phenoxy) is 1. The van der Waals surface area contributed by atoms with Crippen LogP contribution in [0.1, 0.15) is 18.9 Å². The largest absolute Gasteiger partial charge is 0.379 e. The van der Waals surface area contributed by atoms with Crippen molar-refractivity contribution in [3.8, 4) is 0 Å². The smallest absolute Gasteiger partial charge is 0.0623 e. The zero-order valence-corrected chi connectivity index (χ0v) is 9.78. The second-order valence-electron chi connectivity index (χ2n) is 4.33. The Hall–Kier alpha value is -1.12. The maximum Gasteiger partial charge on any atom is 0.0623 e. The van der Waals surface area contributed by atoms with Gasteiger partial charge in [-0.2, -0.15) is 0 Å². The monoisotopic (exact) mass is 217 g/mol. The molecule has 86 valence electrons. The fourth-order valence-electron chi connectivity index (χ4n) is 2.03. The second kappa shape index (κ2) is 5.83. The Labute approximate surface area is 97.3 Å². The molecule has 0 saturated carbocycles. The highest BCUT2D eigenvalue weighted by atomic mass is 16.5. The zero-order chi connectivity index (χ0) is 11.2. The van der Waals surface area contributed by atoms with Crippen molar-refractivity contribution in [2.24, 2.45) is 0 Å². The summed E-state index contributed by atoms with van der Waals surface area (Å²) >= 11 is 0. The molecule has 1 aliphatic heterocycles. The molecule has 1 aliphatic rings. The standard InChI is InChI=1S/C14H19NO/c1-12(9-13-5-3-2-4-6-13)10-14-11-16-8-7-15-14/h2-6,9,14-15H,7-8,10-11H2,1H3/b12-9-. The Morgan fingerprint density at radius 3 is 2.94 bits per heavy atom. The van der Waals surface area contributed by atoms with Gasteiger partial charge in [-0.05, 0) is 18.9 Å². The van der Waals surface area contributed by atoms with E-state index in [1.807, 2.05) is 6.07 Å². The molecule has 1 aromatic rings. The van der Waals surface area contributed by atoms with Crippen LogP contribution >= 0.6 is 0 Å². The molecule has 1 N–H and O–H groups in total. The van der Waals surface area contributed by atoms with Crippen molar-refractivity contribution in [2.45, 2.75) is 19.4 Å². The highest BCUT2D eigenvalue weighted by molar-refractivity contribution is 5.52. The van der Waals surface area contributed by atoms with E-state index in [-0.39, 0.29) is 0 Å². The van der Waals surface area contributed by atoms with Gasteiger partial charge >= 0.3 is 0 Å². The summed E-state index contributed by atoms with van der Waals surface area (Å²) < 4.78 is 5.44. The molecule has 16 heavy (non-hydrogen) atoms. The van der Waals surface area contributed by atoms with Gasteiger partial charge in [0.2, 0.25) is 0 Å². The van der Waals surface area contributed by atoms with Crippen molar-refractivity contribution in [2.75, 3.05) is 19.8 Å². The van der Waals surface area contributed by atoms with Gasteiger partial charge in [0.15, 0.2) is 0 Å². The third kappa shape index (κ3) is 3.47. The molecule has 1 heterocycles. The minimum absolute atomic E-state index is 0.480. The van der Waals surface area contributed by atoms with Crippen LogP contribution in [0.3, 0.4) is 0 Å². The fraction of sp³-hybridized carbons (Fsp3) is 0.429. The molecule has 1 saturated heterocycles. The van der Waals surface area contributed by atoms with Crippen molar-refractivity contribution in [1.82, 2.24) is 5.32 Å². The van der Waals surface area contributed by atoms with Crippen molar-refractivity contribution >= 4 is 6.08 Å². The van der Waals surface area contributed by atoms with Crippen LogP contribution in [0.4, 0.5) is 0 Å². The van der Waals surface area contributed by atoms with E-state index in [1.54, 1.807) is 0 Å². The molecule has 2 nitrogen and oxygen atoms in total. The maximum atomic E-state index is 5.44. The lowest BCUT2D eigenvalue weighted by Crippen LogP contribution is -2.41. The predicted molar refractivity (Wildman–Crippen MR) is 67.3 cm³/mol. The van der Waals surface area contributed by atoms with Gasteiger partial charge in [-0.3, -0.25) is 0 Å². The molecule has 0 radical (unpaired) electrons. The summed E-state index contributed by atoms with van der Waals surface area (Å²) in [7, 11) is 0. The Morgan fingerprint density at radius 2 is 2.25 bits per heavy atom. The summed E-state index contributed by atoms with van der Waals surface area (Å²) in [6, 6.07) is 10.9. The van der Waals surface area contributed by atoms with Crippen LogP contribution in [-0.2, 0) is 4.74 Å². The number of hydrogen-bond acceptors (Lipinski definition) is 2. The summed E-state index contributed by atoms with van der Waals surface area (Å²) in [5, 5.41) is 3.47. The average molecular weight is 217 g/mol. The van der Waals surface area contributed by atoms with Crippen LogP contribution in [0.15, 0.2) is 35.9 Å². The SMILES string of the molecule is C/C(=C/c1ccccc1)CC1COCCN1. The number of morpholine rings is 1. The molecule has 0 spiro atoms. The summed E-state index contributed by atoms with van der Waals surface area (Å²) in [4.78, 5) is 0. The van der Waals surface area contributed by atoms with E-state index in [0.717, 1.165) is 26.2 Å². The van der Waals surface area contributed by atoms with E-state index in [9.17, 15) is 0 Å². The molecule has 2 rings (SSSR count). The van der Waals surface area contributed by atoms with E-state index in [1.165, 1.54) is 11.1 Å². The summed E-state index contributed by atoms with van der Waals surface area (Å²) in [6.45, 7) is 4.84. The summed E-state index contributed by atoms with van der Waals surface area (Å²) in [5.74, 6) is 0. The molecule has 2 heteroatoms. The lowest BCUT2D eigenvalue weighted by molar-refractivity contribution is 0.0771. The highest BCUT2D eigenvalue weighted by Crippen LogP contribution is 2.12. The normalized spacial score (nSPS) is 22.1. The summed E-state index contributed by atoms with van der Waals surface area (Å²) in [5.41, 5.74) is 2.67. The number of rotatable bonds is 3. The molecule has 0 amide bonds. The van der Waals surface area contributed by atoms with Crippen molar-refractivity contribution < 1.29 is 4.74 Å². The quantitative estimate of drug-likeness (QED) is 0.839. The van der Waals surface area contributed by atoms with Gasteiger partial charge in [0.1, 0.15) is 0 Å². The minimum Gasteiger partial charge on any atom is -0.379 e. The van der Waals surface area contributed by atoms with Crippen LogP contribution in [0.2, 0.25) is 0 Å². The predicted octanol–water partition coefficient (Wildman–Crippen LogP) is 2.47. The topological polar surface area (TPSA) is 21.3 Å². The molecule has 1 atom stereocenters. The molecule has 1 unspecified atom stereocenters. The zero-order valence-electron chi connectivity index (χ0n) is 9.78. The third-order valence-electron chi connectivity index (χ3n) is 2.78. The molecule has 1 fully saturated rings. The van der Waals surface area contributed by atoms with E-state index in [4.69, 9.17) is 4.74 Å². The Balaban J connectivity index is 1.91. The van der Waals surface area contributed by atoms with Crippen LogP contribution in [0, 0.1) is 0 Å². The third-order valence-corrected chi connectivity index (χ3v) is 2.78. The van der Waals surface area contributed by atoms with Crippen LogP contribution in [-0.4, -0.2) is 25.8 Å². The molecule has 0 aliphatic carbocycles. The van der Waals surface area contributed by atoms with E-state index in [0.29, 0.717) is 6.04 Å². The lowest BCUT2D eigenvalue weighted by atomic mass is 10.0. The van der Waals surface area contributed by atoms with Gasteiger partial charge in [-0.25, -0.2) is 0 Å². The van der Waals surface area contributed by atoms with Crippen LogP contribution in [0.25, 0.3) is 6.08 Å². The number of benzene rings is 1. The van der Waals surface area contributed by atoms with Gasteiger partial charge in [-0.15, -0.1) is 0 Å². The molecular weight excluding hydrogens is 198 g/mol. The maximum absolute atomic E-state index is 5.44. The fourth-order valence-corrected chi connectivity index (χ4v) is 2.03. The first kappa shape index (κ1) is 11.4. The number of nitrogens with one attached hydrogen (secondary N) is 1. The van der Waals surface area contributed by atoms with Gasteiger partial charge < -0.3 is 10.1 Å². The van der Waals surface area contributed by atoms with E-state index >= 15 is 0 Å². The van der Waals surface area contributed by atoms with Crippen molar-refractivity contribution in [3.05, 3.63) is 41.5 Å². The van der Waals surface area contributed by atoms with E-state index < -0.39 is 0 Å². The van der Waals surface area contributed by atoms with Crippen molar-refractivity contribution in [1.29, 1.82) is 0 Å². The highest BCUT2D eigenvalue weighted by Gasteiger charge is 2.12. The van der Waals surface area contributed by atoms with Crippen LogP contribution in [0.5, 0.6) is 0 Å². The first-order chi connectivity index (χ1) is 7.84. The van der Waals surface area contributed by atoms with Gasteiger partial charge in [-0.1, -0.05) is 42.0 Å². The lowest BCUT2D eigenvalue weighted by Gasteiger charge is -2.24. The Morgan fingerprint density at radius 1 is 1.44 bits per heavy atom. The molecule has 0 bridgehead atoms. The average Bonchev–Trinajstić information content (AvgIpc) is 2.31. The van der Waals surface area contributed by atoms with Crippen LogP contribution < -0.4 is 5.32 Å². The van der Waals surface area contributed by atoms with Gasteiger partial charge in [0.25, 0.3) is 0 Å². The molecular formula is C14H19NO. The summed E-state index contributed by atoms with van der Waals surface area (Å²) in [6.07, 6.45) is 3.31.